The van der Waals surface area contributed by atoms with Crippen LogP contribution < -0.4 is 15.4 Å². The van der Waals surface area contributed by atoms with Gasteiger partial charge in [-0.1, -0.05) is 5.16 Å². The number of nitrogens with zero attached hydrogens (tertiary/aromatic N) is 3. The summed E-state index contributed by atoms with van der Waals surface area (Å²) < 4.78 is 10.7. The first-order valence-electron chi connectivity index (χ1n) is 10.6. The van der Waals surface area contributed by atoms with Crippen LogP contribution in [0, 0.1) is 22.7 Å². The number of aromatic nitrogens is 1. The van der Waals surface area contributed by atoms with Crippen LogP contribution >= 0.6 is 0 Å². The van der Waals surface area contributed by atoms with Crippen molar-refractivity contribution in [1.82, 2.24) is 5.16 Å². The molecule has 1 aromatic heterocycles. The number of fused-ring (bicyclic) bond motifs is 1. The lowest BCUT2D eigenvalue weighted by Crippen LogP contribution is -2.15. The van der Waals surface area contributed by atoms with Crippen LogP contribution in [0.15, 0.2) is 53.1 Å². The van der Waals surface area contributed by atoms with Gasteiger partial charge in [0.25, 0.3) is 5.91 Å². The predicted molar refractivity (Wildman–Crippen MR) is 131 cm³/mol. The summed E-state index contributed by atoms with van der Waals surface area (Å²) in [5, 5.41) is 37.5. The predicted octanol–water partition coefficient (Wildman–Crippen LogP) is 4.16. The molecule has 0 atom stereocenters. The molecule has 1 heterocycles. The van der Waals surface area contributed by atoms with Gasteiger partial charge >= 0.3 is 5.97 Å². The maximum absolute atomic E-state index is 13.1. The summed E-state index contributed by atoms with van der Waals surface area (Å²) in [6, 6.07) is 15.6. The zero-order valence-electron chi connectivity index (χ0n) is 19.4. The third-order valence-electron chi connectivity index (χ3n) is 5.38. The van der Waals surface area contributed by atoms with Crippen LogP contribution in [-0.2, 0) is 4.79 Å². The SMILES string of the molecule is COc1ccc(NC(C)=O)cc1-c1cc2c(C(=O)Nc3ccc(C#N)cc3C(=O)O)noc2cc1C#N. The summed E-state index contributed by atoms with van der Waals surface area (Å²) in [4.78, 5) is 36.3. The number of carbonyl (C=O) groups is 3. The quantitative estimate of drug-likeness (QED) is 0.354. The molecular formula is C26H17N5O6. The summed E-state index contributed by atoms with van der Waals surface area (Å²) in [6.45, 7) is 1.36. The van der Waals surface area contributed by atoms with Crippen molar-refractivity contribution in [3.05, 3.63) is 70.9 Å². The fourth-order valence-corrected chi connectivity index (χ4v) is 3.74. The lowest BCUT2D eigenvalue weighted by molar-refractivity contribution is -0.114. The van der Waals surface area contributed by atoms with Gasteiger partial charge in [0.05, 0.1) is 47.0 Å². The van der Waals surface area contributed by atoms with Gasteiger partial charge in [0.1, 0.15) is 5.75 Å². The number of hydrogen-bond acceptors (Lipinski definition) is 8. The summed E-state index contributed by atoms with van der Waals surface area (Å²) in [7, 11) is 1.46. The highest BCUT2D eigenvalue weighted by atomic mass is 16.5. The Kier molecular flexibility index (Phi) is 6.54. The van der Waals surface area contributed by atoms with Crippen molar-refractivity contribution in [2.75, 3.05) is 17.7 Å². The van der Waals surface area contributed by atoms with Crippen LogP contribution in [0.3, 0.4) is 0 Å². The third-order valence-corrected chi connectivity index (χ3v) is 5.38. The van der Waals surface area contributed by atoms with Crippen molar-refractivity contribution in [2.24, 2.45) is 0 Å². The highest BCUT2D eigenvalue weighted by molar-refractivity contribution is 6.13. The minimum atomic E-state index is -1.33. The Morgan fingerprint density at radius 2 is 1.78 bits per heavy atom. The van der Waals surface area contributed by atoms with Crippen LogP contribution in [-0.4, -0.2) is 35.2 Å². The second kappa shape index (κ2) is 9.90. The van der Waals surface area contributed by atoms with Crippen LogP contribution in [0.25, 0.3) is 22.1 Å². The number of carbonyl (C=O) groups excluding carboxylic acids is 2. The topological polar surface area (TPSA) is 178 Å². The zero-order chi connectivity index (χ0) is 26.7. The Labute approximate surface area is 209 Å². The fourth-order valence-electron chi connectivity index (χ4n) is 3.74. The minimum Gasteiger partial charge on any atom is -0.496 e. The largest absolute Gasteiger partial charge is 0.496 e. The summed E-state index contributed by atoms with van der Waals surface area (Å²) >= 11 is 0. The van der Waals surface area contributed by atoms with Crippen molar-refractivity contribution in [2.45, 2.75) is 6.92 Å². The molecule has 0 fully saturated rings. The second-order valence-electron chi connectivity index (χ2n) is 7.76. The van der Waals surface area contributed by atoms with Gasteiger partial charge in [0, 0.05) is 29.8 Å². The maximum atomic E-state index is 13.1. The first-order valence-corrected chi connectivity index (χ1v) is 10.6. The van der Waals surface area contributed by atoms with E-state index in [4.69, 9.17) is 14.5 Å². The number of nitriles is 2. The molecule has 0 radical (unpaired) electrons. The van der Waals surface area contributed by atoms with E-state index in [1.165, 1.54) is 38.3 Å². The van der Waals surface area contributed by atoms with Gasteiger partial charge in [-0.2, -0.15) is 10.5 Å². The minimum absolute atomic E-state index is 0.0359. The molecule has 0 spiro atoms. The Hall–Kier alpha value is -5.68. The van der Waals surface area contributed by atoms with Gasteiger partial charge in [-0.3, -0.25) is 9.59 Å². The molecule has 182 valence electrons. The fraction of sp³-hybridized carbons (Fsp3) is 0.0769. The van der Waals surface area contributed by atoms with Crippen LogP contribution in [0.5, 0.6) is 5.75 Å². The number of hydrogen-bond donors (Lipinski definition) is 3. The number of amides is 2. The van der Waals surface area contributed by atoms with Crippen molar-refractivity contribution >= 4 is 40.1 Å². The molecule has 0 saturated heterocycles. The molecule has 11 heteroatoms. The average Bonchev–Trinajstić information content (AvgIpc) is 3.30. The van der Waals surface area contributed by atoms with Crippen molar-refractivity contribution in [3.63, 3.8) is 0 Å². The normalized spacial score (nSPS) is 10.3. The number of nitrogens with one attached hydrogen (secondary N) is 2. The highest BCUT2D eigenvalue weighted by Crippen LogP contribution is 2.37. The Bertz CT molecular complexity index is 1680. The molecule has 0 saturated carbocycles. The van der Waals surface area contributed by atoms with Gasteiger partial charge in [0.2, 0.25) is 5.91 Å². The van der Waals surface area contributed by atoms with Gasteiger partial charge in [-0.05, 0) is 42.5 Å². The average molecular weight is 495 g/mol. The smallest absolute Gasteiger partial charge is 0.337 e. The second-order valence-corrected chi connectivity index (χ2v) is 7.76. The first kappa shape index (κ1) is 24.4. The molecule has 0 unspecified atom stereocenters. The molecule has 2 amide bonds. The van der Waals surface area contributed by atoms with Crippen LogP contribution in [0.2, 0.25) is 0 Å². The van der Waals surface area contributed by atoms with E-state index >= 15 is 0 Å². The molecule has 0 aliphatic heterocycles. The number of carboxylic acids is 1. The van der Waals surface area contributed by atoms with E-state index in [0.717, 1.165) is 6.07 Å². The number of aromatic carboxylic acids is 1. The number of carboxylic acid groups (broad SMARTS) is 1. The van der Waals surface area contributed by atoms with Gasteiger partial charge in [0.15, 0.2) is 11.3 Å². The Balaban J connectivity index is 1.82. The number of benzene rings is 3. The van der Waals surface area contributed by atoms with Crippen molar-refractivity contribution < 1.29 is 28.8 Å². The molecule has 3 N–H and O–H groups in total. The molecule has 0 aliphatic rings. The van der Waals surface area contributed by atoms with E-state index in [0.29, 0.717) is 22.6 Å². The lowest BCUT2D eigenvalue weighted by atomic mass is 9.96. The van der Waals surface area contributed by atoms with Gasteiger partial charge in [-0.15, -0.1) is 0 Å². The van der Waals surface area contributed by atoms with E-state index < -0.39 is 11.9 Å². The lowest BCUT2D eigenvalue weighted by Gasteiger charge is -2.13. The van der Waals surface area contributed by atoms with Crippen LogP contribution in [0.1, 0.15) is 38.9 Å². The van der Waals surface area contributed by atoms with Crippen LogP contribution in [0.4, 0.5) is 11.4 Å². The summed E-state index contributed by atoms with van der Waals surface area (Å²) in [5.74, 6) is -1.96. The maximum Gasteiger partial charge on any atom is 0.337 e. The van der Waals surface area contributed by atoms with E-state index in [9.17, 15) is 24.8 Å². The molecule has 0 aliphatic carbocycles. The number of methoxy groups -OCH3 is 1. The molecule has 3 aromatic carbocycles. The molecule has 4 rings (SSSR count). The Morgan fingerprint density at radius 3 is 2.43 bits per heavy atom. The van der Waals surface area contributed by atoms with E-state index in [-0.39, 0.29) is 44.9 Å². The molecule has 0 bridgehead atoms. The zero-order valence-corrected chi connectivity index (χ0v) is 19.4. The van der Waals surface area contributed by atoms with E-state index in [1.54, 1.807) is 18.2 Å². The molecule has 37 heavy (non-hydrogen) atoms. The molecule has 11 nitrogen and oxygen atoms in total. The molecule has 4 aromatic rings. The summed E-state index contributed by atoms with van der Waals surface area (Å²) in [6.07, 6.45) is 0. The highest BCUT2D eigenvalue weighted by Gasteiger charge is 2.22. The van der Waals surface area contributed by atoms with Gasteiger partial charge < -0.3 is 25.0 Å². The van der Waals surface area contributed by atoms with Crippen molar-refractivity contribution in [1.29, 1.82) is 10.5 Å². The third kappa shape index (κ3) is 4.78. The number of rotatable bonds is 6. The van der Waals surface area contributed by atoms with Gasteiger partial charge in [-0.25, -0.2) is 4.79 Å². The molecular weight excluding hydrogens is 478 g/mol. The van der Waals surface area contributed by atoms with E-state index in [2.05, 4.69) is 21.9 Å². The monoisotopic (exact) mass is 495 g/mol. The standard InChI is InChI=1S/C26H17N5O6/c1-13(32)29-16-4-6-22(36-2)18(9-16)17-10-20-23(8-15(17)12-28)37-31-24(20)25(33)30-21-5-3-14(11-27)7-19(21)26(34)35/h3-10H,1-2H3,(H,29,32)(H,30,33)(H,34,35). The number of ether oxygens (including phenoxy) is 1. The Morgan fingerprint density at radius 1 is 1.00 bits per heavy atom. The number of anilines is 2. The first-order chi connectivity index (χ1) is 17.7. The summed E-state index contributed by atoms with van der Waals surface area (Å²) in [5.41, 5.74) is 1.34. The van der Waals surface area contributed by atoms with Crippen molar-refractivity contribution in [3.8, 4) is 29.0 Å². The van der Waals surface area contributed by atoms with E-state index in [1.807, 2.05) is 6.07 Å².